The van der Waals surface area contributed by atoms with Crippen LogP contribution in [0.25, 0.3) is 0 Å². The molecule has 2 rings (SSSR count). The van der Waals surface area contributed by atoms with Crippen LogP contribution in [-0.2, 0) is 9.53 Å². The molecule has 0 radical (unpaired) electrons. The van der Waals surface area contributed by atoms with E-state index in [9.17, 15) is 14.4 Å². The number of halogens is 2. The molecule has 4 nitrogen and oxygen atoms in total. The van der Waals surface area contributed by atoms with E-state index in [-0.39, 0.29) is 5.82 Å². The van der Waals surface area contributed by atoms with E-state index in [1.165, 1.54) is 12.1 Å². The Labute approximate surface area is 161 Å². The molecule has 1 heterocycles. The minimum atomic E-state index is -0.595. The van der Waals surface area contributed by atoms with Gasteiger partial charge in [0.1, 0.15) is 5.82 Å². The van der Waals surface area contributed by atoms with E-state index in [0.29, 0.717) is 46.3 Å². The van der Waals surface area contributed by atoms with E-state index in [1.54, 1.807) is 6.07 Å². The molecule has 0 aromatic heterocycles. The molecule has 1 aromatic rings. The first kappa shape index (κ1) is 20.2. The summed E-state index contributed by atoms with van der Waals surface area (Å²) >= 11 is 3.38. The molecule has 0 spiro atoms. The highest BCUT2D eigenvalue weighted by molar-refractivity contribution is 9.10. The average Bonchev–Trinajstić information content (AvgIpc) is 2.59. The molecule has 0 bridgehead atoms. The van der Waals surface area contributed by atoms with Crippen molar-refractivity contribution in [2.45, 2.75) is 46.0 Å². The summed E-state index contributed by atoms with van der Waals surface area (Å²) in [6.45, 7) is 6.06. The predicted octanol–water partition coefficient (Wildman–Crippen LogP) is 5.08. The van der Waals surface area contributed by atoms with Crippen LogP contribution in [0.2, 0.25) is 0 Å². The number of dihydropyridines is 1. The number of ether oxygens (including phenoxy) is 1. The first-order chi connectivity index (χ1) is 12.4. The van der Waals surface area contributed by atoms with Gasteiger partial charge in [-0.2, -0.15) is 5.26 Å². The van der Waals surface area contributed by atoms with Gasteiger partial charge < -0.3 is 10.1 Å². The molecule has 1 aromatic carbocycles. The largest absolute Gasteiger partial charge is 0.462 e. The Morgan fingerprint density at radius 2 is 2.12 bits per heavy atom. The molecular formula is C20H22BrFN2O2. The quantitative estimate of drug-likeness (QED) is 0.651. The first-order valence-corrected chi connectivity index (χ1v) is 9.46. The number of rotatable bonds is 6. The number of nitrogens with zero attached hydrogens (tertiary/aromatic N) is 1. The highest BCUT2D eigenvalue weighted by Crippen LogP contribution is 2.42. The molecule has 0 fully saturated rings. The van der Waals surface area contributed by atoms with Crippen molar-refractivity contribution in [2.75, 3.05) is 6.61 Å². The van der Waals surface area contributed by atoms with Gasteiger partial charge >= 0.3 is 5.97 Å². The third-order valence-electron chi connectivity index (χ3n) is 4.20. The third kappa shape index (κ3) is 4.16. The van der Waals surface area contributed by atoms with Crippen molar-refractivity contribution in [1.82, 2.24) is 5.32 Å². The number of nitrogens with one attached hydrogen (secondary N) is 1. The summed E-state index contributed by atoms with van der Waals surface area (Å²) in [4.78, 5) is 12.8. The molecule has 26 heavy (non-hydrogen) atoms. The summed E-state index contributed by atoms with van der Waals surface area (Å²) in [5.74, 6) is -1.42. The number of benzene rings is 1. The minimum absolute atomic E-state index is 0.309. The van der Waals surface area contributed by atoms with Crippen LogP contribution in [0.1, 0.15) is 51.5 Å². The lowest BCUT2D eigenvalue weighted by Gasteiger charge is -2.30. The van der Waals surface area contributed by atoms with Crippen molar-refractivity contribution in [1.29, 1.82) is 5.26 Å². The van der Waals surface area contributed by atoms with Crippen molar-refractivity contribution < 1.29 is 13.9 Å². The first-order valence-electron chi connectivity index (χ1n) is 8.67. The van der Waals surface area contributed by atoms with Crippen LogP contribution in [0.15, 0.2) is 45.2 Å². The van der Waals surface area contributed by atoms with E-state index in [2.05, 4.69) is 27.3 Å². The van der Waals surface area contributed by atoms with Crippen LogP contribution >= 0.6 is 15.9 Å². The Hall–Kier alpha value is -2.13. The zero-order valence-corrected chi connectivity index (χ0v) is 16.7. The van der Waals surface area contributed by atoms with Gasteiger partial charge in [-0.15, -0.1) is 0 Å². The second kappa shape index (κ2) is 9.00. The number of esters is 1. The fraction of sp³-hybridized carbons (Fsp3) is 0.400. The highest BCUT2D eigenvalue weighted by Gasteiger charge is 2.36. The minimum Gasteiger partial charge on any atom is -0.462 e. The number of carbonyl (C=O) groups is 1. The van der Waals surface area contributed by atoms with Crippen molar-refractivity contribution >= 4 is 21.9 Å². The maximum Gasteiger partial charge on any atom is 0.336 e. The van der Waals surface area contributed by atoms with Gasteiger partial charge in [-0.1, -0.05) is 42.3 Å². The van der Waals surface area contributed by atoms with Gasteiger partial charge in [0.2, 0.25) is 0 Å². The van der Waals surface area contributed by atoms with Crippen LogP contribution in [-0.4, -0.2) is 12.6 Å². The molecule has 6 heteroatoms. The molecule has 1 aliphatic rings. The van der Waals surface area contributed by atoms with Gasteiger partial charge in [-0.05, 0) is 37.5 Å². The monoisotopic (exact) mass is 420 g/mol. The molecule has 0 amide bonds. The van der Waals surface area contributed by atoms with Crippen LogP contribution in [0.5, 0.6) is 0 Å². The summed E-state index contributed by atoms with van der Waals surface area (Å²) in [7, 11) is 0. The fourth-order valence-corrected chi connectivity index (χ4v) is 3.63. The van der Waals surface area contributed by atoms with Crippen LogP contribution in [0.4, 0.5) is 4.39 Å². The maximum atomic E-state index is 13.6. The van der Waals surface area contributed by atoms with Crippen LogP contribution < -0.4 is 5.32 Å². The molecule has 1 atom stereocenters. The van der Waals surface area contributed by atoms with Crippen molar-refractivity contribution in [2.24, 2.45) is 0 Å². The van der Waals surface area contributed by atoms with E-state index >= 15 is 0 Å². The topological polar surface area (TPSA) is 62.1 Å². The SMILES string of the molecule is CCCOC(=O)C1=C(CCC)NC(C)=C(C#N)C1c1ccc(F)cc1Br. The van der Waals surface area contributed by atoms with E-state index < -0.39 is 11.9 Å². The maximum absolute atomic E-state index is 13.6. The number of hydrogen-bond acceptors (Lipinski definition) is 4. The van der Waals surface area contributed by atoms with Gasteiger partial charge in [-0.25, -0.2) is 9.18 Å². The van der Waals surface area contributed by atoms with Crippen molar-refractivity contribution in [3.8, 4) is 6.07 Å². The van der Waals surface area contributed by atoms with Gasteiger partial charge in [-0.3, -0.25) is 0 Å². The molecule has 1 aliphatic heterocycles. The number of hydrogen-bond donors (Lipinski definition) is 1. The fourth-order valence-electron chi connectivity index (χ4n) is 3.05. The molecule has 0 saturated heterocycles. The number of carbonyl (C=O) groups excluding carboxylic acids is 1. The molecule has 0 aliphatic carbocycles. The van der Waals surface area contributed by atoms with E-state index in [1.807, 2.05) is 20.8 Å². The Balaban J connectivity index is 2.66. The third-order valence-corrected chi connectivity index (χ3v) is 4.88. The standard InChI is InChI=1S/C20H22BrFN2O2/c1-4-6-17-19(20(25)26-9-5-2)18(15(11-23)12(3)24-17)14-8-7-13(22)10-16(14)21/h7-8,10,18,24H,4-6,9H2,1-3H3. The molecule has 1 unspecified atom stereocenters. The Morgan fingerprint density at radius 1 is 1.38 bits per heavy atom. The Morgan fingerprint density at radius 3 is 2.69 bits per heavy atom. The number of allylic oxidation sites excluding steroid dienone is 3. The zero-order chi connectivity index (χ0) is 19.3. The molecule has 1 N–H and O–H groups in total. The summed E-state index contributed by atoms with van der Waals surface area (Å²) in [6, 6.07) is 6.49. The van der Waals surface area contributed by atoms with Crippen LogP contribution in [0, 0.1) is 17.1 Å². The predicted molar refractivity (Wildman–Crippen MR) is 101 cm³/mol. The highest BCUT2D eigenvalue weighted by atomic mass is 79.9. The Bertz CT molecular complexity index is 809. The van der Waals surface area contributed by atoms with Gasteiger partial charge in [0.05, 0.1) is 29.7 Å². The molecular weight excluding hydrogens is 399 g/mol. The normalized spacial score (nSPS) is 17.0. The second-order valence-electron chi connectivity index (χ2n) is 6.15. The summed E-state index contributed by atoms with van der Waals surface area (Å²) in [6.07, 6.45) is 2.20. The van der Waals surface area contributed by atoms with Crippen molar-refractivity contribution in [3.05, 3.63) is 56.6 Å². The molecule has 0 saturated carbocycles. The summed E-state index contributed by atoms with van der Waals surface area (Å²) < 4.78 is 19.5. The van der Waals surface area contributed by atoms with Gasteiger partial charge in [0.25, 0.3) is 0 Å². The zero-order valence-electron chi connectivity index (χ0n) is 15.2. The summed E-state index contributed by atoms with van der Waals surface area (Å²) in [5.41, 5.74) is 2.98. The smallest absolute Gasteiger partial charge is 0.336 e. The van der Waals surface area contributed by atoms with Crippen molar-refractivity contribution in [3.63, 3.8) is 0 Å². The van der Waals surface area contributed by atoms with Gasteiger partial charge in [0, 0.05) is 15.9 Å². The Kier molecular flexibility index (Phi) is 6.98. The second-order valence-corrected chi connectivity index (χ2v) is 7.01. The van der Waals surface area contributed by atoms with Gasteiger partial charge in [0.15, 0.2) is 0 Å². The van der Waals surface area contributed by atoms with Crippen LogP contribution in [0.3, 0.4) is 0 Å². The number of nitriles is 1. The lowest BCUT2D eigenvalue weighted by atomic mass is 9.80. The van der Waals surface area contributed by atoms with E-state index in [0.717, 1.165) is 12.1 Å². The average molecular weight is 421 g/mol. The van der Waals surface area contributed by atoms with E-state index in [4.69, 9.17) is 4.74 Å². The molecule has 138 valence electrons. The lowest BCUT2D eigenvalue weighted by molar-refractivity contribution is -0.139. The summed E-state index contributed by atoms with van der Waals surface area (Å²) in [5, 5.41) is 12.9. The lowest BCUT2D eigenvalue weighted by Crippen LogP contribution is -2.30.